The maximum Gasteiger partial charge on any atom is 0.0906 e. The van der Waals surface area contributed by atoms with Gasteiger partial charge in [0.1, 0.15) is 0 Å². The van der Waals surface area contributed by atoms with Crippen molar-refractivity contribution in [2.45, 2.75) is 175 Å². The van der Waals surface area contributed by atoms with Crippen molar-refractivity contribution in [1.29, 1.82) is 0 Å². The number of nitrogens with zero attached hydrogens (tertiary/aromatic N) is 4. The third-order valence-electron chi connectivity index (χ3n) is 11.7. The zero-order valence-corrected chi connectivity index (χ0v) is 52.5. The van der Waals surface area contributed by atoms with E-state index in [9.17, 15) is 0 Å². The monoisotopic (exact) mass is 1040 g/mol. The van der Waals surface area contributed by atoms with Crippen molar-refractivity contribution in [3.63, 3.8) is 0 Å². The van der Waals surface area contributed by atoms with E-state index >= 15 is 0 Å². The van der Waals surface area contributed by atoms with Crippen LogP contribution < -0.4 is 0 Å². The second kappa shape index (κ2) is 41.3. The van der Waals surface area contributed by atoms with Gasteiger partial charge in [-0.3, -0.25) is 20.0 Å². The molecule has 0 bridgehead atoms. The van der Waals surface area contributed by atoms with Crippen LogP contribution in [-0.4, -0.2) is 51.0 Å². The standard InChI is InChI=1S/C34H54N2.C24H34N2.6H2S/c1-11-13-15-17-19-29(25(3)4)23-27(7)31-21-22-32(34(36-10)33(31)35-9)28(8)24-30(26(5)6)20-18-16-14-12-2;1-15(2)11-13-17(5)21-19(7)20(8)22(18(6)14-12-16(3)4)24(26-10)23(21)25-9;;;;;;/h21-24H,11-20H2,1-10H3;11-14H,1-10H3;6*1H2/b27-23+,28-24+,35-33?,36-34?;17-13+,18-14+,25-23?,26-24?;;;;;;. The van der Waals surface area contributed by atoms with Gasteiger partial charge in [0.15, 0.2) is 0 Å². The zero-order chi connectivity index (χ0) is 47.1. The quantitative estimate of drug-likeness (QED) is 0.0746. The van der Waals surface area contributed by atoms with Crippen LogP contribution in [-0.2, 0) is 0 Å². The van der Waals surface area contributed by atoms with Crippen molar-refractivity contribution in [2.24, 2.45) is 20.0 Å². The first kappa shape index (κ1) is 77.1. The maximum absolute atomic E-state index is 4.74. The molecule has 2 aliphatic rings. The Bertz CT molecular complexity index is 1950. The van der Waals surface area contributed by atoms with Crippen molar-refractivity contribution >= 4 is 104 Å². The minimum Gasteiger partial charge on any atom is -0.286 e. The Balaban J connectivity index is -0.000000270. The predicted octanol–water partition coefficient (Wildman–Crippen LogP) is 17.8. The van der Waals surface area contributed by atoms with E-state index in [0.29, 0.717) is 0 Å². The summed E-state index contributed by atoms with van der Waals surface area (Å²) in [4.78, 5) is 18.7. The molecule has 4 nitrogen and oxygen atoms in total. The molecular formula is C58H100N4S6. The lowest BCUT2D eigenvalue weighted by molar-refractivity contribution is 0.666. The Morgan fingerprint density at radius 2 is 0.691 bits per heavy atom. The molecule has 0 radical (unpaired) electrons. The highest BCUT2D eigenvalue weighted by Gasteiger charge is 2.28. The average Bonchev–Trinajstić information content (AvgIpc) is 3.23. The van der Waals surface area contributed by atoms with Gasteiger partial charge in [0.25, 0.3) is 0 Å². The molecule has 2 aliphatic carbocycles. The molecule has 0 atom stereocenters. The summed E-state index contributed by atoms with van der Waals surface area (Å²) in [5.74, 6) is 0. The van der Waals surface area contributed by atoms with E-state index in [-0.39, 0.29) is 81.0 Å². The van der Waals surface area contributed by atoms with Crippen molar-refractivity contribution in [3.8, 4) is 0 Å². The number of hydrogen-bond acceptors (Lipinski definition) is 4. The number of aliphatic imine (C=N–C) groups is 4. The molecule has 10 heteroatoms. The summed E-state index contributed by atoms with van der Waals surface area (Å²) in [5, 5.41) is 0. The summed E-state index contributed by atoms with van der Waals surface area (Å²) in [6.07, 6.45) is 30.5. The van der Waals surface area contributed by atoms with Crippen molar-refractivity contribution in [3.05, 3.63) is 138 Å². The van der Waals surface area contributed by atoms with Crippen LogP contribution in [0.1, 0.15) is 175 Å². The normalized spacial score (nSPS) is 16.4. The van der Waals surface area contributed by atoms with E-state index in [4.69, 9.17) is 9.98 Å². The molecule has 2 rings (SSSR count). The summed E-state index contributed by atoms with van der Waals surface area (Å²) >= 11 is 0. The molecule has 388 valence electrons. The average molecular weight is 1050 g/mol. The molecule has 0 saturated carbocycles. The molecular weight excluding hydrogens is 945 g/mol. The van der Waals surface area contributed by atoms with Crippen LogP contribution >= 0.6 is 81.0 Å². The van der Waals surface area contributed by atoms with Gasteiger partial charge in [-0.1, -0.05) is 123 Å². The van der Waals surface area contributed by atoms with E-state index < -0.39 is 0 Å². The highest BCUT2D eigenvalue weighted by molar-refractivity contribution is 7.60. The second-order valence-corrected chi connectivity index (χ2v) is 18.0. The molecule has 0 spiro atoms. The molecule has 68 heavy (non-hydrogen) atoms. The van der Waals surface area contributed by atoms with Crippen LogP contribution in [0.4, 0.5) is 0 Å². The Hall–Kier alpha value is -2.34. The van der Waals surface area contributed by atoms with E-state index in [1.165, 1.54) is 141 Å². The predicted molar refractivity (Wildman–Crippen MR) is 345 cm³/mol. The van der Waals surface area contributed by atoms with Crippen LogP contribution in [0.25, 0.3) is 0 Å². The van der Waals surface area contributed by atoms with Gasteiger partial charge in [-0.25, -0.2) is 0 Å². The van der Waals surface area contributed by atoms with Gasteiger partial charge in [-0.15, -0.1) is 0 Å². The fourth-order valence-electron chi connectivity index (χ4n) is 7.88. The molecule has 0 aromatic rings. The molecule has 0 aromatic heterocycles. The lowest BCUT2D eigenvalue weighted by atomic mass is 9.78. The zero-order valence-electron chi connectivity index (χ0n) is 46.5. The van der Waals surface area contributed by atoms with Crippen LogP contribution in [0.3, 0.4) is 0 Å². The Kier molecular flexibility index (Phi) is 46.8. The van der Waals surface area contributed by atoms with Gasteiger partial charge < -0.3 is 0 Å². The third kappa shape index (κ3) is 24.7. The number of rotatable bonds is 18. The van der Waals surface area contributed by atoms with Crippen LogP contribution in [0.15, 0.2) is 158 Å². The van der Waals surface area contributed by atoms with Crippen LogP contribution in [0.2, 0.25) is 0 Å². The SMILES string of the molecule is CCCCCCC(/C=C(\C)C1=CC=C(/C(C)=C/C(CCCCCC)=C(C)C)C(=NC)C1=NC)=C(C)C.CN=C1C(=NC)C(/C(C)=C/C=C(C)C)=C(C)C(C)=C1/C(C)=C/C=C(C)C.S.S.S.S.S.S. The molecule has 0 unspecified atom stereocenters. The summed E-state index contributed by atoms with van der Waals surface area (Å²) < 4.78 is 0. The molecule has 0 N–H and O–H groups in total. The molecule has 0 amide bonds. The van der Waals surface area contributed by atoms with E-state index in [0.717, 1.165) is 35.7 Å². The van der Waals surface area contributed by atoms with Gasteiger partial charge in [0.2, 0.25) is 0 Å². The number of unbranched alkanes of at least 4 members (excludes halogenated alkanes) is 6. The van der Waals surface area contributed by atoms with Gasteiger partial charge in [0.05, 0.1) is 22.8 Å². The Morgan fingerprint density at radius 3 is 0.926 bits per heavy atom. The molecule has 0 fully saturated rings. The fraction of sp³-hybridized carbons (Fsp3) is 0.517. The highest BCUT2D eigenvalue weighted by Crippen LogP contribution is 2.35. The highest BCUT2D eigenvalue weighted by atomic mass is 32.1. The summed E-state index contributed by atoms with van der Waals surface area (Å²) in [6.45, 7) is 35.1. The fourth-order valence-corrected chi connectivity index (χ4v) is 7.88. The first-order valence-corrected chi connectivity index (χ1v) is 23.4. The Morgan fingerprint density at radius 1 is 0.397 bits per heavy atom. The van der Waals surface area contributed by atoms with Gasteiger partial charge in [-0.05, 0) is 167 Å². The smallest absolute Gasteiger partial charge is 0.0906 e. The number of allylic oxidation sites excluding steroid dienone is 24. The van der Waals surface area contributed by atoms with Crippen LogP contribution in [0.5, 0.6) is 0 Å². The minimum atomic E-state index is 0. The van der Waals surface area contributed by atoms with Gasteiger partial charge >= 0.3 is 0 Å². The van der Waals surface area contributed by atoms with Crippen molar-refractivity contribution < 1.29 is 0 Å². The first-order valence-electron chi connectivity index (χ1n) is 23.4. The molecule has 0 aromatic carbocycles. The Labute approximate surface area is 461 Å². The third-order valence-corrected chi connectivity index (χ3v) is 11.7. The van der Waals surface area contributed by atoms with Crippen LogP contribution in [0, 0.1) is 0 Å². The van der Waals surface area contributed by atoms with E-state index in [2.05, 4.69) is 169 Å². The molecule has 0 aliphatic heterocycles. The molecule has 0 heterocycles. The summed E-state index contributed by atoms with van der Waals surface area (Å²) in [5.41, 5.74) is 24.5. The topological polar surface area (TPSA) is 49.4 Å². The summed E-state index contributed by atoms with van der Waals surface area (Å²) in [6, 6.07) is 0. The van der Waals surface area contributed by atoms with E-state index in [1.54, 1.807) is 0 Å². The van der Waals surface area contributed by atoms with Crippen molar-refractivity contribution in [2.75, 3.05) is 28.2 Å². The largest absolute Gasteiger partial charge is 0.286 e. The lowest BCUT2D eigenvalue weighted by Crippen LogP contribution is -2.27. The first-order chi connectivity index (χ1) is 29.4. The summed E-state index contributed by atoms with van der Waals surface area (Å²) in [7, 11) is 7.50. The number of hydrogen-bond donors (Lipinski definition) is 0. The minimum absolute atomic E-state index is 0. The van der Waals surface area contributed by atoms with E-state index in [1.807, 2.05) is 28.2 Å². The van der Waals surface area contributed by atoms with Gasteiger partial charge in [0, 0.05) is 50.5 Å². The van der Waals surface area contributed by atoms with Gasteiger partial charge in [-0.2, -0.15) is 81.0 Å². The second-order valence-electron chi connectivity index (χ2n) is 18.0. The van der Waals surface area contributed by atoms with Crippen molar-refractivity contribution in [1.82, 2.24) is 0 Å². The maximum atomic E-state index is 4.74. The molecule has 0 saturated heterocycles. The lowest BCUT2D eigenvalue weighted by Gasteiger charge is -2.27.